The normalized spacial score (nSPS) is 19.2. The van der Waals surface area contributed by atoms with Crippen LogP contribution in [0.1, 0.15) is 50.0 Å². The van der Waals surface area contributed by atoms with E-state index in [0.29, 0.717) is 43.3 Å². The molecule has 1 saturated carbocycles. The molecule has 1 aliphatic carbocycles. The second kappa shape index (κ2) is 9.11. The second-order valence-electron chi connectivity index (χ2n) is 7.97. The van der Waals surface area contributed by atoms with Gasteiger partial charge in [0.2, 0.25) is 5.91 Å². The van der Waals surface area contributed by atoms with Crippen LogP contribution < -0.4 is 5.32 Å². The van der Waals surface area contributed by atoms with E-state index >= 15 is 0 Å². The average Bonchev–Trinajstić information content (AvgIpc) is 3.10. The van der Waals surface area contributed by atoms with Crippen molar-refractivity contribution in [2.45, 2.75) is 54.6 Å². The molecular formula is C21H25FN2O4S2. The number of carbonyl (C=O) groups excluding carboxylic acids is 1. The summed E-state index contributed by atoms with van der Waals surface area (Å²) in [7, 11) is -3.31. The molecule has 30 heavy (non-hydrogen) atoms. The van der Waals surface area contributed by atoms with E-state index in [2.05, 4.69) is 10.3 Å². The van der Waals surface area contributed by atoms with Crippen molar-refractivity contribution in [3.8, 4) is 0 Å². The summed E-state index contributed by atoms with van der Waals surface area (Å²) < 4.78 is 44.0. The molecule has 2 aromatic rings. The lowest BCUT2D eigenvalue weighted by Crippen LogP contribution is -2.28. The van der Waals surface area contributed by atoms with Crippen molar-refractivity contribution < 1.29 is 22.3 Å². The molecule has 6 nitrogen and oxygen atoms in total. The molecule has 0 spiro atoms. The Kier molecular flexibility index (Phi) is 6.50. The van der Waals surface area contributed by atoms with Crippen LogP contribution in [0.4, 0.5) is 9.52 Å². The van der Waals surface area contributed by atoms with E-state index < -0.39 is 20.9 Å². The van der Waals surface area contributed by atoms with Crippen LogP contribution >= 0.6 is 11.3 Å². The first kappa shape index (κ1) is 21.4. The van der Waals surface area contributed by atoms with Crippen LogP contribution in [-0.2, 0) is 19.4 Å². The molecule has 1 saturated heterocycles. The third-order valence-corrected chi connectivity index (χ3v) is 9.02. The minimum Gasteiger partial charge on any atom is -0.381 e. The maximum absolute atomic E-state index is 13.3. The van der Waals surface area contributed by atoms with Gasteiger partial charge < -0.3 is 10.1 Å². The zero-order valence-corrected chi connectivity index (χ0v) is 18.2. The Bertz CT molecular complexity index is 981. The summed E-state index contributed by atoms with van der Waals surface area (Å²) in [6.07, 6.45) is 5.83. The number of anilines is 1. The molecule has 1 aromatic heterocycles. The van der Waals surface area contributed by atoms with Gasteiger partial charge in [-0.2, -0.15) is 4.39 Å². The predicted octanol–water partition coefficient (Wildman–Crippen LogP) is 4.15. The molecule has 0 bridgehead atoms. The number of nitrogens with one attached hydrogen (secondary N) is 1. The Morgan fingerprint density at radius 3 is 2.47 bits per heavy atom. The number of nitrogens with zero attached hydrogens (tertiary/aromatic N) is 1. The highest BCUT2D eigenvalue weighted by atomic mass is 32.2. The van der Waals surface area contributed by atoms with Gasteiger partial charge in [-0.05, 0) is 55.7 Å². The topological polar surface area (TPSA) is 85.4 Å². The summed E-state index contributed by atoms with van der Waals surface area (Å²) in [5.41, 5.74) is 0.753. The zero-order valence-electron chi connectivity index (χ0n) is 16.6. The van der Waals surface area contributed by atoms with Crippen LogP contribution in [0.2, 0.25) is 0 Å². The van der Waals surface area contributed by atoms with Gasteiger partial charge in [0.1, 0.15) is 0 Å². The van der Waals surface area contributed by atoms with Gasteiger partial charge in [-0.3, -0.25) is 4.79 Å². The van der Waals surface area contributed by atoms with Crippen LogP contribution in [0.15, 0.2) is 35.4 Å². The first-order chi connectivity index (χ1) is 14.4. The van der Waals surface area contributed by atoms with Crippen molar-refractivity contribution >= 4 is 32.2 Å². The van der Waals surface area contributed by atoms with Gasteiger partial charge in [0.05, 0.1) is 22.3 Å². The number of benzene rings is 1. The molecule has 0 radical (unpaired) electrons. The Balaban J connectivity index is 1.55. The van der Waals surface area contributed by atoms with Crippen molar-refractivity contribution in [3.05, 3.63) is 41.2 Å². The molecule has 1 atom stereocenters. The van der Waals surface area contributed by atoms with Crippen molar-refractivity contribution in [1.82, 2.24) is 4.98 Å². The van der Waals surface area contributed by atoms with Gasteiger partial charge in [-0.15, -0.1) is 0 Å². The zero-order chi connectivity index (χ0) is 21.1. The quantitative estimate of drug-likeness (QED) is 0.682. The third-order valence-electron chi connectivity index (χ3n) is 6.04. The highest BCUT2D eigenvalue weighted by Gasteiger charge is 2.33. The van der Waals surface area contributed by atoms with Gasteiger partial charge >= 0.3 is 0 Å². The van der Waals surface area contributed by atoms with E-state index in [4.69, 9.17) is 4.74 Å². The smallest absolute Gasteiger partial charge is 0.233 e. The lowest BCUT2D eigenvalue weighted by molar-refractivity contribution is -0.118. The Morgan fingerprint density at radius 2 is 1.90 bits per heavy atom. The first-order valence-electron chi connectivity index (χ1n) is 10.3. The number of sulfone groups is 1. The Hall–Kier alpha value is -1.84. The van der Waals surface area contributed by atoms with E-state index in [-0.39, 0.29) is 16.3 Å². The summed E-state index contributed by atoms with van der Waals surface area (Å²) in [4.78, 5) is 17.2. The van der Waals surface area contributed by atoms with Gasteiger partial charge in [0, 0.05) is 13.2 Å². The van der Waals surface area contributed by atoms with E-state index in [1.54, 1.807) is 24.3 Å². The van der Waals surface area contributed by atoms with Crippen LogP contribution in [-0.4, -0.2) is 37.8 Å². The van der Waals surface area contributed by atoms with Crippen LogP contribution in [0, 0.1) is 11.0 Å². The van der Waals surface area contributed by atoms with E-state index in [9.17, 15) is 17.6 Å². The Labute approximate surface area is 179 Å². The number of ether oxygens (including phenoxy) is 1. The number of halogens is 1. The monoisotopic (exact) mass is 452 g/mol. The molecule has 1 aromatic carbocycles. The second-order valence-corrected chi connectivity index (χ2v) is 11.2. The molecular weight excluding hydrogens is 427 g/mol. The summed E-state index contributed by atoms with van der Waals surface area (Å²) in [5.74, 6) is -0.396. The number of rotatable bonds is 7. The van der Waals surface area contributed by atoms with Crippen LogP contribution in [0.3, 0.4) is 0 Å². The maximum atomic E-state index is 13.3. The fraction of sp³-hybridized carbons (Fsp3) is 0.524. The highest BCUT2D eigenvalue weighted by Crippen LogP contribution is 2.34. The van der Waals surface area contributed by atoms with Gasteiger partial charge in [-0.25, -0.2) is 13.4 Å². The minimum absolute atomic E-state index is 0.221. The molecule has 1 aliphatic heterocycles. The van der Waals surface area contributed by atoms with E-state index in [1.165, 1.54) is 0 Å². The summed E-state index contributed by atoms with van der Waals surface area (Å²) in [6, 6.07) is 6.68. The molecule has 9 heteroatoms. The molecule has 4 rings (SSSR count). The average molecular weight is 453 g/mol. The van der Waals surface area contributed by atoms with Crippen molar-refractivity contribution in [2.24, 2.45) is 5.92 Å². The van der Waals surface area contributed by atoms with Gasteiger partial charge in [-0.1, -0.05) is 29.9 Å². The molecule has 2 heterocycles. The van der Waals surface area contributed by atoms with E-state index in [0.717, 1.165) is 42.4 Å². The minimum atomic E-state index is -3.31. The fourth-order valence-electron chi connectivity index (χ4n) is 3.98. The van der Waals surface area contributed by atoms with Gasteiger partial charge in [0.25, 0.3) is 0 Å². The molecule has 2 fully saturated rings. The molecule has 0 unspecified atom stereocenters. The summed E-state index contributed by atoms with van der Waals surface area (Å²) in [5, 5.41) is 2.18. The highest BCUT2D eigenvalue weighted by molar-refractivity contribution is 7.92. The lowest BCUT2D eigenvalue weighted by Gasteiger charge is -2.27. The SMILES string of the molecule is O=C(Nc1ncc(F)s1)[C@H](CC1CCOCC1)c1ccc(S(=O)(=O)C2CCC2)cc1. The van der Waals surface area contributed by atoms with Crippen molar-refractivity contribution in [2.75, 3.05) is 18.5 Å². The van der Waals surface area contributed by atoms with Crippen LogP contribution in [0.25, 0.3) is 0 Å². The number of hydrogen-bond acceptors (Lipinski definition) is 6. The number of aromatic nitrogens is 1. The fourth-order valence-corrected chi connectivity index (χ4v) is 6.38. The lowest BCUT2D eigenvalue weighted by atomic mass is 9.84. The third kappa shape index (κ3) is 4.73. The summed E-state index contributed by atoms with van der Waals surface area (Å²) in [6.45, 7) is 1.35. The number of thiazole rings is 1. The van der Waals surface area contributed by atoms with E-state index in [1.807, 2.05) is 0 Å². The largest absolute Gasteiger partial charge is 0.381 e. The molecule has 2 aliphatic rings. The molecule has 162 valence electrons. The van der Waals surface area contributed by atoms with Crippen LogP contribution in [0.5, 0.6) is 0 Å². The Morgan fingerprint density at radius 1 is 1.20 bits per heavy atom. The van der Waals surface area contributed by atoms with Gasteiger partial charge in [0.15, 0.2) is 20.1 Å². The first-order valence-corrected chi connectivity index (χ1v) is 12.6. The number of carbonyl (C=O) groups is 1. The number of amides is 1. The summed E-state index contributed by atoms with van der Waals surface area (Å²) >= 11 is 0.784. The molecule has 1 amide bonds. The van der Waals surface area contributed by atoms with Crippen molar-refractivity contribution in [3.63, 3.8) is 0 Å². The van der Waals surface area contributed by atoms with Crippen molar-refractivity contribution in [1.29, 1.82) is 0 Å². The number of hydrogen-bond donors (Lipinski definition) is 1. The maximum Gasteiger partial charge on any atom is 0.233 e. The predicted molar refractivity (Wildman–Crippen MR) is 113 cm³/mol. The molecule has 1 N–H and O–H groups in total. The standard InChI is InChI=1S/C21H25FN2O4S2/c22-19-13-23-21(29-19)24-20(25)18(12-14-8-10-28-11-9-14)15-4-6-17(7-5-15)30(26,27)16-2-1-3-16/h4-7,13-14,16,18H,1-3,8-12H2,(H,23,24,25)/t18-/m1/s1.